The van der Waals surface area contributed by atoms with Crippen molar-refractivity contribution in [2.75, 3.05) is 0 Å². The van der Waals surface area contributed by atoms with Crippen LogP contribution in [0.25, 0.3) is 21.5 Å². The van der Waals surface area contributed by atoms with Crippen LogP contribution >= 0.6 is 27.3 Å². The number of nitrogens with zero attached hydrogens (tertiary/aromatic N) is 3. The molecule has 4 aromatic rings. The van der Waals surface area contributed by atoms with E-state index >= 15 is 0 Å². The van der Waals surface area contributed by atoms with Crippen molar-refractivity contribution in [1.82, 2.24) is 20.4 Å². The van der Waals surface area contributed by atoms with Crippen LogP contribution in [0.4, 0.5) is 0 Å². The van der Waals surface area contributed by atoms with E-state index in [1.54, 1.807) is 36.1 Å². The van der Waals surface area contributed by atoms with Gasteiger partial charge in [0.25, 0.3) is 5.91 Å². The van der Waals surface area contributed by atoms with E-state index in [0.29, 0.717) is 5.69 Å². The molecule has 0 saturated carbocycles. The smallest absolute Gasteiger partial charge is 0.290 e. The second-order valence-electron chi connectivity index (χ2n) is 5.41. The number of carbonyl (C=O) groups excluding carboxylic acids is 1. The van der Waals surface area contributed by atoms with E-state index in [-0.39, 0.29) is 5.91 Å². The van der Waals surface area contributed by atoms with Gasteiger partial charge in [0.2, 0.25) is 0 Å². The first-order valence-electron chi connectivity index (χ1n) is 7.67. The number of hydrogen-bond acceptors (Lipinski definition) is 5. The van der Waals surface area contributed by atoms with Gasteiger partial charge in [0.1, 0.15) is 10.7 Å². The fraction of sp³-hybridized carbons (Fsp3) is 0. The number of aromatic nitrogens is 3. The third kappa shape index (κ3) is 3.42. The Bertz CT molecular complexity index is 1100. The van der Waals surface area contributed by atoms with E-state index in [2.05, 4.69) is 41.4 Å². The number of carbonyl (C=O) groups is 1. The summed E-state index contributed by atoms with van der Waals surface area (Å²) in [5.41, 5.74) is 5.66. The minimum absolute atomic E-state index is 0.334. The van der Waals surface area contributed by atoms with Crippen LogP contribution in [0.2, 0.25) is 0 Å². The van der Waals surface area contributed by atoms with Crippen molar-refractivity contribution >= 4 is 50.3 Å². The molecule has 0 fully saturated rings. The molecule has 0 aliphatic rings. The Morgan fingerprint density at radius 2 is 2.12 bits per heavy atom. The van der Waals surface area contributed by atoms with Gasteiger partial charge in [0, 0.05) is 44.9 Å². The van der Waals surface area contributed by atoms with Gasteiger partial charge in [-0.1, -0.05) is 15.9 Å². The number of rotatable bonds is 4. The van der Waals surface area contributed by atoms with Gasteiger partial charge in [-0.05, 0) is 35.9 Å². The molecule has 1 amide bonds. The summed E-state index contributed by atoms with van der Waals surface area (Å²) in [5, 5.41) is 7.50. The lowest BCUT2D eigenvalue weighted by molar-refractivity contribution is 0.0951. The maximum atomic E-state index is 12.2. The van der Waals surface area contributed by atoms with Gasteiger partial charge in [-0.15, -0.1) is 11.3 Å². The van der Waals surface area contributed by atoms with E-state index in [0.717, 1.165) is 31.5 Å². The van der Waals surface area contributed by atoms with Gasteiger partial charge in [-0.25, -0.2) is 10.4 Å². The van der Waals surface area contributed by atoms with E-state index in [1.165, 1.54) is 11.3 Å². The first kappa shape index (κ1) is 16.6. The Kier molecular flexibility index (Phi) is 4.59. The highest BCUT2D eigenvalue weighted by Gasteiger charge is 2.14. The molecule has 2 N–H and O–H groups in total. The van der Waals surface area contributed by atoms with Crippen LogP contribution in [0.3, 0.4) is 0 Å². The molecule has 0 saturated heterocycles. The van der Waals surface area contributed by atoms with Crippen molar-refractivity contribution < 1.29 is 4.79 Å². The predicted octanol–water partition coefficient (Wildman–Crippen LogP) is 4.21. The summed E-state index contributed by atoms with van der Waals surface area (Å²) >= 11 is 4.90. The predicted molar refractivity (Wildman–Crippen MR) is 106 cm³/mol. The van der Waals surface area contributed by atoms with Gasteiger partial charge in [0.05, 0.1) is 6.21 Å². The highest BCUT2D eigenvalue weighted by molar-refractivity contribution is 9.10. The Balaban J connectivity index is 1.53. The van der Waals surface area contributed by atoms with Crippen molar-refractivity contribution in [3.05, 3.63) is 70.0 Å². The van der Waals surface area contributed by atoms with E-state index < -0.39 is 0 Å². The van der Waals surface area contributed by atoms with Crippen LogP contribution in [-0.4, -0.2) is 27.1 Å². The van der Waals surface area contributed by atoms with Gasteiger partial charge in [0.15, 0.2) is 0 Å². The third-order valence-electron chi connectivity index (χ3n) is 3.70. The summed E-state index contributed by atoms with van der Waals surface area (Å²) in [6.45, 7) is 0. The minimum atomic E-state index is -0.348. The molecule has 4 rings (SSSR count). The van der Waals surface area contributed by atoms with Crippen LogP contribution in [0.5, 0.6) is 0 Å². The molecule has 0 atom stereocenters. The van der Waals surface area contributed by atoms with Crippen molar-refractivity contribution in [1.29, 1.82) is 0 Å². The normalized spacial score (nSPS) is 11.3. The fourth-order valence-electron chi connectivity index (χ4n) is 2.44. The number of pyridine rings is 1. The maximum absolute atomic E-state index is 12.2. The van der Waals surface area contributed by atoms with Gasteiger partial charge < -0.3 is 4.98 Å². The number of aromatic amines is 1. The van der Waals surface area contributed by atoms with Gasteiger partial charge in [-0.2, -0.15) is 5.10 Å². The molecule has 6 nitrogen and oxygen atoms in total. The molecule has 0 bridgehead atoms. The lowest BCUT2D eigenvalue weighted by Crippen LogP contribution is -2.17. The molecule has 0 aliphatic carbocycles. The first-order valence-corrected chi connectivity index (χ1v) is 9.34. The van der Waals surface area contributed by atoms with Gasteiger partial charge in [-0.3, -0.25) is 9.78 Å². The molecule has 1 aromatic carbocycles. The Hall–Kier alpha value is -2.84. The lowest BCUT2D eigenvalue weighted by atomic mass is 10.2. The number of nitrogens with one attached hydrogen (secondary N) is 2. The summed E-state index contributed by atoms with van der Waals surface area (Å²) < 4.78 is 0.992. The van der Waals surface area contributed by atoms with Crippen LogP contribution in [-0.2, 0) is 0 Å². The highest BCUT2D eigenvalue weighted by Crippen LogP contribution is 2.32. The molecular formula is C18H12BrN5OS. The zero-order valence-electron chi connectivity index (χ0n) is 13.3. The van der Waals surface area contributed by atoms with Crippen LogP contribution in [0.15, 0.2) is 63.9 Å². The maximum Gasteiger partial charge on any atom is 0.290 e. The van der Waals surface area contributed by atoms with Crippen LogP contribution in [0, 0.1) is 0 Å². The molecule has 3 heterocycles. The molecule has 0 unspecified atom stereocenters. The van der Waals surface area contributed by atoms with Gasteiger partial charge >= 0.3 is 0 Å². The summed E-state index contributed by atoms with van der Waals surface area (Å²) in [4.78, 5) is 23.8. The number of amides is 1. The minimum Gasteiger partial charge on any atom is -0.360 e. The van der Waals surface area contributed by atoms with Crippen LogP contribution < -0.4 is 5.43 Å². The molecule has 26 heavy (non-hydrogen) atoms. The number of H-pyrrole nitrogens is 1. The topological polar surface area (TPSA) is 83.0 Å². The van der Waals surface area contributed by atoms with E-state index in [1.807, 2.05) is 24.4 Å². The van der Waals surface area contributed by atoms with Crippen molar-refractivity contribution in [2.24, 2.45) is 5.10 Å². The number of thiazole rings is 1. The highest BCUT2D eigenvalue weighted by atomic mass is 79.9. The van der Waals surface area contributed by atoms with E-state index in [9.17, 15) is 4.79 Å². The zero-order chi connectivity index (χ0) is 17.9. The Morgan fingerprint density at radius 3 is 2.96 bits per heavy atom. The largest absolute Gasteiger partial charge is 0.360 e. The SMILES string of the molecule is O=C(NN=Cc1ccncc1)c1csc(-c2c[nH]c3ccc(Br)cc23)n1. The molecule has 0 spiro atoms. The third-order valence-corrected chi connectivity index (χ3v) is 5.07. The summed E-state index contributed by atoms with van der Waals surface area (Å²) in [5.74, 6) is -0.348. The number of benzene rings is 1. The fourth-order valence-corrected chi connectivity index (χ4v) is 3.63. The number of hydrogen-bond donors (Lipinski definition) is 2. The quantitative estimate of drug-likeness (QED) is 0.379. The van der Waals surface area contributed by atoms with Crippen molar-refractivity contribution in [3.8, 4) is 10.6 Å². The average molecular weight is 426 g/mol. The average Bonchev–Trinajstić information content (AvgIpc) is 3.29. The van der Waals surface area contributed by atoms with Crippen molar-refractivity contribution in [3.63, 3.8) is 0 Å². The summed E-state index contributed by atoms with van der Waals surface area (Å²) in [6, 6.07) is 9.60. The molecule has 3 aromatic heterocycles. The number of fused-ring (bicyclic) bond motifs is 1. The zero-order valence-corrected chi connectivity index (χ0v) is 15.7. The van der Waals surface area contributed by atoms with E-state index in [4.69, 9.17) is 0 Å². The Labute approximate surface area is 161 Å². The second kappa shape index (κ2) is 7.19. The molecule has 0 radical (unpaired) electrons. The monoisotopic (exact) mass is 425 g/mol. The molecule has 128 valence electrons. The number of hydrazone groups is 1. The standard InChI is InChI=1S/C18H12BrN5OS/c19-12-1-2-15-13(7-12)14(9-21-15)18-23-16(10-26-18)17(25)24-22-8-11-3-5-20-6-4-11/h1-10,21H,(H,24,25). The second-order valence-corrected chi connectivity index (χ2v) is 7.18. The van der Waals surface area contributed by atoms with Crippen LogP contribution in [0.1, 0.15) is 16.1 Å². The first-order chi connectivity index (χ1) is 12.7. The summed E-state index contributed by atoms with van der Waals surface area (Å²) in [6.07, 6.45) is 6.79. The molecular weight excluding hydrogens is 414 g/mol. The van der Waals surface area contributed by atoms with Crippen molar-refractivity contribution in [2.45, 2.75) is 0 Å². The molecule has 8 heteroatoms. The molecule has 0 aliphatic heterocycles. The Morgan fingerprint density at radius 1 is 1.27 bits per heavy atom. The lowest BCUT2D eigenvalue weighted by Gasteiger charge is -1.96. The summed E-state index contributed by atoms with van der Waals surface area (Å²) in [7, 11) is 0. The number of halogens is 1.